The second kappa shape index (κ2) is 6.93. The lowest BCUT2D eigenvalue weighted by molar-refractivity contribution is 0.0685. The van der Waals surface area contributed by atoms with Crippen molar-refractivity contribution in [1.82, 2.24) is 9.29 Å². The van der Waals surface area contributed by atoms with E-state index in [0.29, 0.717) is 18.5 Å². The Morgan fingerprint density at radius 3 is 2.65 bits per heavy atom. The molecule has 0 spiro atoms. The van der Waals surface area contributed by atoms with Crippen LogP contribution >= 0.6 is 0 Å². The molecule has 0 aliphatic heterocycles. The molecule has 23 heavy (non-hydrogen) atoms. The van der Waals surface area contributed by atoms with Gasteiger partial charge in [-0.3, -0.25) is 0 Å². The Balaban J connectivity index is 2.08. The number of carboxylic acids is 1. The lowest BCUT2D eigenvalue weighted by atomic mass is 10.1. The number of benzene rings is 1. The summed E-state index contributed by atoms with van der Waals surface area (Å²) in [5, 5.41) is 9.05. The molecule has 2 N–H and O–H groups in total. The first-order valence-electron chi connectivity index (χ1n) is 7.01. The van der Waals surface area contributed by atoms with E-state index < -0.39 is 16.0 Å². The maximum atomic E-state index is 13.1. The number of nitrogens with zero attached hydrogens (tertiary/aromatic N) is 1. The lowest BCUT2D eigenvalue weighted by Gasteiger charge is -2.05. The second-order valence-electron chi connectivity index (χ2n) is 4.93. The molecular formula is C15H17FN2O4S. The van der Waals surface area contributed by atoms with Gasteiger partial charge in [-0.05, 0) is 37.1 Å². The highest BCUT2D eigenvalue weighted by Gasteiger charge is 2.20. The highest BCUT2D eigenvalue weighted by atomic mass is 32.2. The molecule has 0 aliphatic rings. The Bertz CT molecular complexity index is 815. The molecule has 0 saturated carbocycles. The number of sulfonamides is 1. The molecule has 2 aromatic rings. The van der Waals surface area contributed by atoms with Gasteiger partial charge in [-0.1, -0.05) is 12.1 Å². The average Bonchev–Trinajstić information content (AvgIpc) is 2.92. The van der Waals surface area contributed by atoms with Gasteiger partial charge >= 0.3 is 5.97 Å². The Hall–Kier alpha value is -2.19. The lowest BCUT2D eigenvalue weighted by Crippen LogP contribution is -2.25. The number of carboxylic acid groups (broad SMARTS) is 1. The van der Waals surface area contributed by atoms with Crippen molar-refractivity contribution in [2.45, 2.75) is 24.8 Å². The molecule has 2 rings (SSSR count). The fourth-order valence-electron chi connectivity index (χ4n) is 2.18. The van der Waals surface area contributed by atoms with E-state index >= 15 is 0 Å². The zero-order chi connectivity index (χ0) is 17.0. The summed E-state index contributed by atoms with van der Waals surface area (Å²) in [5.74, 6) is -1.57. The molecule has 1 heterocycles. The first-order chi connectivity index (χ1) is 10.8. The smallest absolute Gasteiger partial charge is 0.352 e. The summed E-state index contributed by atoms with van der Waals surface area (Å²) in [6.45, 7) is 2.16. The zero-order valence-electron chi connectivity index (χ0n) is 12.5. The molecule has 1 aromatic carbocycles. The van der Waals surface area contributed by atoms with Crippen molar-refractivity contribution >= 4 is 16.0 Å². The predicted molar refractivity (Wildman–Crippen MR) is 82.4 cm³/mol. The summed E-state index contributed by atoms with van der Waals surface area (Å²) in [5.41, 5.74) is 0.586. The molecule has 0 amide bonds. The molecular weight excluding hydrogens is 323 g/mol. The third-order valence-electron chi connectivity index (χ3n) is 3.34. The maximum absolute atomic E-state index is 13.1. The van der Waals surface area contributed by atoms with Crippen molar-refractivity contribution in [3.8, 4) is 0 Å². The topological polar surface area (TPSA) is 88.4 Å². The van der Waals surface area contributed by atoms with Crippen LogP contribution in [0.5, 0.6) is 0 Å². The molecule has 124 valence electrons. The Kier molecular flexibility index (Phi) is 5.17. The number of halogens is 1. The number of aromatic nitrogens is 1. The number of rotatable bonds is 7. The molecule has 8 heteroatoms. The van der Waals surface area contributed by atoms with Gasteiger partial charge in [0.15, 0.2) is 0 Å². The molecule has 1 aromatic heterocycles. The van der Waals surface area contributed by atoms with Crippen molar-refractivity contribution in [2.24, 2.45) is 0 Å². The third-order valence-corrected chi connectivity index (χ3v) is 4.76. The van der Waals surface area contributed by atoms with Gasteiger partial charge < -0.3 is 9.67 Å². The van der Waals surface area contributed by atoms with Crippen molar-refractivity contribution in [3.05, 3.63) is 53.6 Å². The van der Waals surface area contributed by atoms with Gasteiger partial charge in [0.2, 0.25) is 10.0 Å². The van der Waals surface area contributed by atoms with Crippen LogP contribution in [-0.4, -0.2) is 30.6 Å². The summed E-state index contributed by atoms with van der Waals surface area (Å²) >= 11 is 0. The van der Waals surface area contributed by atoms with Crippen molar-refractivity contribution in [1.29, 1.82) is 0 Å². The van der Waals surface area contributed by atoms with Gasteiger partial charge in [0.05, 0.1) is 0 Å². The molecule has 0 aliphatic carbocycles. The largest absolute Gasteiger partial charge is 0.477 e. The number of aromatic carboxylic acids is 1. The van der Waals surface area contributed by atoms with E-state index in [9.17, 15) is 17.6 Å². The first-order valence-corrected chi connectivity index (χ1v) is 8.49. The molecule has 6 nitrogen and oxygen atoms in total. The van der Waals surface area contributed by atoms with Gasteiger partial charge in [0, 0.05) is 19.3 Å². The quantitative estimate of drug-likeness (QED) is 0.805. The number of aryl methyl sites for hydroxylation is 1. The number of hydrogen-bond donors (Lipinski definition) is 2. The van der Waals surface area contributed by atoms with Crippen LogP contribution < -0.4 is 4.72 Å². The van der Waals surface area contributed by atoms with Crippen LogP contribution in [0.2, 0.25) is 0 Å². The van der Waals surface area contributed by atoms with Gasteiger partial charge in [-0.2, -0.15) is 0 Å². The molecule has 0 bridgehead atoms. The van der Waals surface area contributed by atoms with Crippen LogP contribution in [0, 0.1) is 5.82 Å². The van der Waals surface area contributed by atoms with Crippen LogP contribution in [0.25, 0.3) is 0 Å². The van der Waals surface area contributed by atoms with Gasteiger partial charge in [-0.15, -0.1) is 0 Å². The molecule has 0 fully saturated rings. The Labute approximate surface area is 133 Å². The minimum absolute atomic E-state index is 0.0852. The van der Waals surface area contributed by atoms with E-state index in [1.807, 2.05) is 0 Å². The third kappa shape index (κ3) is 4.17. The van der Waals surface area contributed by atoms with Gasteiger partial charge in [0.25, 0.3) is 0 Å². The average molecular weight is 340 g/mol. The number of nitrogens with one attached hydrogen (secondary N) is 1. The van der Waals surface area contributed by atoms with Crippen molar-refractivity contribution < 1.29 is 22.7 Å². The SMILES string of the molecule is CCn1cc(S(=O)(=O)NCCc2cccc(F)c2)cc1C(=O)O. The summed E-state index contributed by atoms with van der Waals surface area (Å²) in [7, 11) is -3.81. The van der Waals surface area contributed by atoms with E-state index in [1.54, 1.807) is 19.1 Å². The van der Waals surface area contributed by atoms with E-state index in [4.69, 9.17) is 5.11 Å². The molecule has 0 radical (unpaired) electrons. The standard InChI is InChI=1S/C15H17FN2O4S/c1-2-18-10-13(9-14(18)15(19)20)23(21,22)17-7-6-11-4-3-5-12(16)8-11/h3-5,8-10,17H,2,6-7H2,1H3,(H,19,20). The fourth-order valence-corrected chi connectivity index (χ4v) is 3.25. The van der Waals surface area contributed by atoms with Crippen molar-refractivity contribution in [3.63, 3.8) is 0 Å². The molecule has 0 unspecified atom stereocenters. The van der Waals surface area contributed by atoms with Gasteiger partial charge in [-0.25, -0.2) is 22.3 Å². The van der Waals surface area contributed by atoms with E-state index in [0.717, 1.165) is 6.07 Å². The van der Waals surface area contributed by atoms with Crippen LogP contribution in [0.15, 0.2) is 41.4 Å². The highest BCUT2D eigenvalue weighted by Crippen LogP contribution is 2.15. The van der Waals surface area contributed by atoms with Crippen LogP contribution in [-0.2, 0) is 23.0 Å². The fraction of sp³-hybridized carbons (Fsp3) is 0.267. The van der Waals surface area contributed by atoms with Gasteiger partial charge in [0.1, 0.15) is 16.4 Å². The second-order valence-corrected chi connectivity index (χ2v) is 6.70. The Morgan fingerprint density at radius 2 is 2.09 bits per heavy atom. The van der Waals surface area contributed by atoms with Crippen molar-refractivity contribution in [2.75, 3.05) is 6.54 Å². The first kappa shape index (κ1) is 17.2. The van der Waals surface area contributed by atoms with Crippen LogP contribution in [0.3, 0.4) is 0 Å². The zero-order valence-corrected chi connectivity index (χ0v) is 13.3. The minimum atomic E-state index is -3.81. The minimum Gasteiger partial charge on any atom is -0.477 e. The van der Waals surface area contributed by atoms with E-state index in [2.05, 4.69) is 4.72 Å². The highest BCUT2D eigenvalue weighted by molar-refractivity contribution is 7.89. The predicted octanol–water partition coefficient (Wildman–Crippen LogP) is 1.87. The number of carbonyl (C=O) groups is 1. The molecule has 0 atom stereocenters. The van der Waals surface area contributed by atoms with E-state index in [-0.39, 0.29) is 23.0 Å². The normalized spacial score (nSPS) is 11.6. The Morgan fingerprint density at radius 1 is 1.35 bits per heavy atom. The summed E-state index contributed by atoms with van der Waals surface area (Å²) < 4.78 is 41.2. The molecule has 0 saturated heterocycles. The summed E-state index contributed by atoms with van der Waals surface area (Å²) in [6.07, 6.45) is 1.62. The maximum Gasteiger partial charge on any atom is 0.352 e. The summed E-state index contributed by atoms with van der Waals surface area (Å²) in [6, 6.07) is 7.03. The number of hydrogen-bond acceptors (Lipinski definition) is 3. The van der Waals surface area contributed by atoms with Crippen LogP contribution in [0.1, 0.15) is 23.0 Å². The van der Waals surface area contributed by atoms with E-state index in [1.165, 1.54) is 22.9 Å². The summed E-state index contributed by atoms with van der Waals surface area (Å²) in [4.78, 5) is 11.0. The van der Waals surface area contributed by atoms with Crippen LogP contribution in [0.4, 0.5) is 4.39 Å². The monoisotopic (exact) mass is 340 g/mol.